The van der Waals surface area contributed by atoms with Crippen molar-refractivity contribution in [3.05, 3.63) is 0 Å². The molecule has 3 heteroatoms. The predicted octanol–water partition coefficient (Wildman–Crippen LogP) is 0.381. The third-order valence-corrected chi connectivity index (χ3v) is 1.66. The molecule has 0 amide bonds. The van der Waals surface area contributed by atoms with Crippen LogP contribution >= 0.6 is 0 Å². The highest BCUT2D eigenvalue weighted by Gasteiger charge is 2.34. The average molecular weight is 144 g/mol. The Hall–Kier alpha value is -0.410. The molecule has 0 aromatic carbocycles. The third kappa shape index (κ3) is 1.36. The van der Waals surface area contributed by atoms with Crippen LogP contribution in [0.3, 0.4) is 0 Å². The van der Waals surface area contributed by atoms with Gasteiger partial charge in [0.05, 0.1) is 13.2 Å². The molecule has 0 aromatic rings. The lowest BCUT2D eigenvalue weighted by molar-refractivity contribution is -0.130. The number of rotatable bonds is 3. The molecule has 1 saturated heterocycles. The molecule has 0 saturated carbocycles. The van der Waals surface area contributed by atoms with Crippen molar-refractivity contribution in [2.75, 3.05) is 19.8 Å². The van der Waals surface area contributed by atoms with E-state index >= 15 is 0 Å². The predicted molar refractivity (Wildman–Crippen MR) is 35.9 cm³/mol. The number of hydrogen-bond donors (Lipinski definition) is 0. The fraction of sp³-hybridized carbons (Fsp3) is 0.857. The Labute approximate surface area is 60.3 Å². The summed E-state index contributed by atoms with van der Waals surface area (Å²) >= 11 is 0. The van der Waals surface area contributed by atoms with Crippen LogP contribution in [0.4, 0.5) is 0 Å². The topological polar surface area (TPSA) is 35.5 Å². The highest BCUT2D eigenvalue weighted by Crippen LogP contribution is 2.20. The third-order valence-electron chi connectivity index (χ3n) is 1.66. The molecule has 0 N–H and O–H groups in total. The molecule has 0 bridgehead atoms. The van der Waals surface area contributed by atoms with Crippen molar-refractivity contribution in [1.29, 1.82) is 0 Å². The van der Waals surface area contributed by atoms with E-state index in [1.54, 1.807) is 0 Å². The van der Waals surface area contributed by atoms with E-state index in [9.17, 15) is 4.79 Å². The fourth-order valence-corrected chi connectivity index (χ4v) is 1.09. The normalized spacial score (nSPS) is 32.5. The zero-order chi connectivity index (χ0) is 7.45. The van der Waals surface area contributed by atoms with Crippen LogP contribution in [-0.2, 0) is 14.3 Å². The molecule has 58 valence electrons. The monoisotopic (exact) mass is 144 g/mol. The molecule has 1 aliphatic rings. The number of carbonyl (C=O) groups is 1. The summed E-state index contributed by atoms with van der Waals surface area (Å²) in [6.45, 7) is 3.51. The lowest BCUT2D eigenvalue weighted by Crippen LogP contribution is -2.34. The second kappa shape index (κ2) is 3.12. The Balaban J connectivity index is 2.49. The smallest absolute Gasteiger partial charge is 0.154 e. The first kappa shape index (κ1) is 7.69. The van der Waals surface area contributed by atoms with E-state index in [2.05, 4.69) is 0 Å². The summed E-state index contributed by atoms with van der Waals surface area (Å²) in [6, 6.07) is 0. The van der Waals surface area contributed by atoms with Gasteiger partial charge in [0.25, 0.3) is 0 Å². The summed E-state index contributed by atoms with van der Waals surface area (Å²) in [5, 5.41) is 0. The number of ether oxygens (including phenoxy) is 2. The van der Waals surface area contributed by atoms with Crippen molar-refractivity contribution in [2.24, 2.45) is 0 Å². The van der Waals surface area contributed by atoms with E-state index in [0.717, 1.165) is 6.29 Å². The van der Waals surface area contributed by atoms with Gasteiger partial charge in [0.2, 0.25) is 0 Å². The van der Waals surface area contributed by atoms with Crippen molar-refractivity contribution < 1.29 is 14.3 Å². The molecule has 1 unspecified atom stereocenters. The van der Waals surface area contributed by atoms with Gasteiger partial charge in [-0.2, -0.15) is 0 Å². The van der Waals surface area contributed by atoms with Crippen LogP contribution in [-0.4, -0.2) is 31.7 Å². The number of carbonyl (C=O) groups excluding carboxylic acids is 1. The molecule has 1 heterocycles. The molecule has 10 heavy (non-hydrogen) atoms. The lowest BCUT2D eigenvalue weighted by Gasteiger charge is -2.18. The maximum absolute atomic E-state index is 10.5. The van der Waals surface area contributed by atoms with Gasteiger partial charge in [-0.15, -0.1) is 0 Å². The van der Waals surface area contributed by atoms with E-state index in [4.69, 9.17) is 9.47 Å². The molecule has 0 spiro atoms. The number of aldehydes is 1. The molecular formula is C7H12O3. The van der Waals surface area contributed by atoms with Crippen LogP contribution in [0.25, 0.3) is 0 Å². The van der Waals surface area contributed by atoms with Crippen LogP contribution < -0.4 is 0 Å². The fourth-order valence-electron chi connectivity index (χ4n) is 1.09. The van der Waals surface area contributed by atoms with Crippen molar-refractivity contribution in [3.63, 3.8) is 0 Å². The van der Waals surface area contributed by atoms with Crippen LogP contribution in [0.2, 0.25) is 0 Å². The highest BCUT2D eigenvalue weighted by molar-refractivity contribution is 5.63. The van der Waals surface area contributed by atoms with Gasteiger partial charge in [-0.05, 0) is 6.92 Å². The Morgan fingerprint density at radius 3 is 3.00 bits per heavy atom. The van der Waals surface area contributed by atoms with Crippen molar-refractivity contribution in [1.82, 2.24) is 0 Å². The summed E-state index contributed by atoms with van der Waals surface area (Å²) in [4.78, 5) is 10.5. The number of hydrogen-bond acceptors (Lipinski definition) is 3. The minimum atomic E-state index is -0.616. The van der Waals surface area contributed by atoms with Crippen LogP contribution in [0.15, 0.2) is 0 Å². The zero-order valence-electron chi connectivity index (χ0n) is 6.13. The average Bonchev–Trinajstić information content (AvgIpc) is 2.39. The van der Waals surface area contributed by atoms with Crippen LogP contribution in [0.5, 0.6) is 0 Å². The van der Waals surface area contributed by atoms with E-state index < -0.39 is 5.60 Å². The Morgan fingerprint density at radius 2 is 2.60 bits per heavy atom. The largest absolute Gasteiger partial charge is 0.378 e. The minimum absolute atomic E-state index is 0.421. The Bertz CT molecular complexity index is 116. The summed E-state index contributed by atoms with van der Waals surface area (Å²) in [7, 11) is 0. The second-order valence-electron chi connectivity index (χ2n) is 2.42. The van der Waals surface area contributed by atoms with E-state index in [1.165, 1.54) is 0 Å². The summed E-state index contributed by atoms with van der Waals surface area (Å²) in [5.74, 6) is 0. The molecule has 3 nitrogen and oxygen atoms in total. The zero-order valence-corrected chi connectivity index (χ0v) is 6.13. The van der Waals surface area contributed by atoms with Crippen molar-refractivity contribution >= 4 is 6.29 Å². The summed E-state index contributed by atoms with van der Waals surface area (Å²) < 4.78 is 10.3. The van der Waals surface area contributed by atoms with Gasteiger partial charge >= 0.3 is 0 Å². The Kier molecular flexibility index (Phi) is 2.40. The lowest BCUT2D eigenvalue weighted by atomic mass is 10.1. The van der Waals surface area contributed by atoms with Gasteiger partial charge in [0.15, 0.2) is 6.29 Å². The van der Waals surface area contributed by atoms with Gasteiger partial charge in [-0.25, -0.2) is 0 Å². The highest BCUT2D eigenvalue weighted by atomic mass is 16.6. The molecule has 1 aliphatic heterocycles. The van der Waals surface area contributed by atoms with Gasteiger partial charge in [0, 0.05) is 13.0 Å². The van der Waals surface area contributed by atoms with E-state index in [1.807, 2.05) is 6.92 Å². The summed E-state index contributed by atoms with van der Waals surface area (Å²) in [6.07, 6.45) is 1.55. The second-order valence-corrected chi connectivity index (χ2v) is 2.42. The standard InChI is InChI=1S/C7H12O3/c1-2-10-7(5-8)3-4-9-6-7/h5H,2-4,6H2,1H3. The molecule has 1 atom stereocenters. The first-order valence-electron chi connectivity index (χ1n) is 3.51. The van der Waals surface area contributed by atoms with E-state index in [-0.39, 0.29) is 0 Å². The first-order chi connectivity index (χ1) is 4.83. The van der Waals surface area contributed by atoms with Gasteiger partial charge in [-0.1, -0.05) is 0 Å². The minimum Gasteiger partial charge on any atom is -0.378 e. The van der Waals surface area contributed by atoms with Gasteiger partial charge in [0.1, 0.15) is 5.60 Å². The van der Waals surface area contributed by atoms with Crippen LogP contribution in [0, 0.1) is 0 Å². The summed E-state index contributed by atoms with van der Waals surface area (Å²) in [5.41, 5.74) is -0.616. The first-order valence-corrected chi connectivity index (χ1v) is 3.51. The Morgan fingerprint density at radius 1 is 1.80 bits per heavy atom. The van der Waals surface area contributed by atoms with E-state index in [0.29, 0.717) is 26.2 Å². The maximum atomic E-state index is 10.5. The molecule has 0 radical (unpaired) electrons. The van der Waals surface area contributed by atoms with Crippen molar-refractivity contribution in [3.8, 4) is 0 Å². The molecule has 0 aromatic heterocycles. The quantitative estimate of drug-likeness (QED) is 0.537. The SMILES string of the molecule is CCOC1(C=O)CCOC1. The maximum Gasteiger partial charge on any atom is 0.154 e. The molecule has 1 fully saturated rings. The van der Waals surface area contributed by atoms with Gasteiger partial charge in [-0.3, -0.25) is 0 Å². The van der Waals surface area contributed by atoms with Crippen molar-refractivity contribution in [2.45, 2.75) is 18.9 Å². The molecular weight excluding hydrogens is 132 g/mol. The molecule has 1 rings (SSSR count). The van der Waals surface area contributed by atoms with Gasteiger partial charge < -0.3 is 14.3 Å². The van der Waals surface area contributed by atoms with Crippen LogP contribution in [0.1, 0.15) is 13.3 Å². The molecule has 0 aliphatic carbocycles.